The molecule has 0 radical (unpaired) electrons. The van der Waals surface area contributed by atoms with E-state index in [-0.39, 0.29) is 6.61 Å². The standard InChI is InChI=1S/C18H19ClN2O3S/c1-11-4-5-13(8-12(11)2)24-10-17(22)20-21-18(23)15-9-14(25-3)6-7-16(15)19/h4-9H,10H2,1-3H3,(H,20,22)(H,21,23). The van der Waals surface area contributed by atoms with Gasteiger partial charge in [-0.15, -0.1) is 11.8 Å². The number of hydrogen-bond acceptors (Lipinski definition) is 4. The van der Waals surface area contributed by atoms with Crippen molar-refractivity contribution in [1.82, 2.24) is 10.9 Å². The van der Waals surface area contributed by atoms with Crippen molar-refractivity contribution < 1.29 is 14.3 Å². The molecular formula is C18H19ClN2O3S. The molecule has 0 spiro atoms. The van der Waals surface area contributed by atoms with E-state index in [0.717, 1.165) is 16.0 Å². The molecule has 0 aliphatic rings. The van der Waals surface area contributed by atoms with Crippen molar-refractivity contribution in [2.75, 3.05) is 12.9 Å². The number of aryl methyl sites for hydroxylation is 2. The van der Waals surface area contributed by atoms with E-state index < -0.39 is 11.8 Å². The lowest BCUT2D eigenvalue weighted by Gasteiger charge is -2.11. The molecule has 2 aromatic rings. The summed E-state index contributed by atoms with van der Waals surface area (Å²) in [6.45, 7) is 3.76. The molecule has 2 amide bonds. The van der Waals surface area contributed by atoms with E-state index in [4.69, 9.17) is 16.3 Å². The summed E-state index contributed by atoms with van der Waals surface area (Å²) in [5.74, 6) is -0.357. The van der Waals surface area contributed by atoms with Gasteiger partial charge in [-0.1, -0.05) is 17.7 Å². The number of thioether (sulfide) groups is 1. The minimum Gasteiger partial charge on any atom is -0.484 e. The Kier molecular flexibility index (Phi) is 6.73. The zero-order chi connectivity index (χ0) is 18.4. The van der Waals surface area contributed by atoms with Gasteiger partial charge in [0, 0.05) is 4.90 Å². The Hall–Kier alpha value is -2.18. The first-order chi connectivity index (χ1) is 11.9. The molecule has 0 heterocycles. The van der Waals surface area contributed by atoms with Crippen molar-refractivity contribution >= 4 is 35.2 Å². The number of hydrogen-bond donors (Lipinski definition) is 2. The summed E-state index contributed by atoms with van der Waals surface area (Å²) in [5, 5.41) is 0.316. The van der Waals surface area contributed by atoms with Crippen molar-refractivity contribution in [3.63, 3.8) is 0 Å². The number of rotatable bonds is 5. The average Bonchev–Trinajstić information content (AvgIpc) is 2.61. The molecule has 0 unspecified atom stereocenters. The Morgan fingerprint density at radius 2 is 1.84 bits per heavy atom. The molecule has 0 atom stereocenters. The Morgan fingerprint density at radius 1 is 1.08 bits per heavy atom. The number of nitrogens with one attached hydrogen (secondary N) is 2. The van der Waals surface area contributed by atoms with Crippen LogP contribution >= 0.6 is 23.4 Å². The third-order valence-electron chi connectivity index (χ3n) is 3.58. The van der Waals surface area contributed by atoms with E-state index in [9.17, 15) is 9.59 Å². The predicted molar refractivity (Wildman–Crippen MR) is 100 cm³/mol. The summed E-state index contributed by atoms with van der Waals surface area (Å²) in [5.41, 5.74) is 7.17. The quantitative estimate of drug-likeness (QED) is 0.617. The van der Waals surface area contributed by atoms with Gasteiger partial charge in [-0.05, 0) is 61.6 Å². The van der Waals surface area contributed by atoms with Crippen LogP contribution in [0.25, 0.3) is 0 Å². The molecule has 0 saturated carbocycles. The first kappa shape index (κ1) is 19.1. The van der Waals surface area contributed by atoms with Gasteiger partial charge in [0.1, 0.15) is 5.75 Å². The van der Waals surface area contributed by atoms with Gasteiger partial charge < -0.3 is 4.74 Å². The molecule has 0 aliphatic heterocycles. The normalized spacial score (nSPS) is 10.2. The Morgan fingerprint density at radius 3 is 2.52 bits per heavy atom. The summed E-state index contributed by atoms with van der Waals surface area (Å²) >= 11 is 7.52. The van der Waals surface area contributed by atoms with Crippen LogP contribution in [0.1, 0.15) is 21.5 Å². The van der Waals surface area contributed by atoms with Gasteiger partial charge >= 0.3 is 0 Å². The van der Waals surface area contributed by atoms with E-state index in [1.54, 1.807) is 18.2 Å². The van der Waals surface area contributed by atoms with E-state index in [1.165, 1.54) is 11.8 Å². The summed E-state index contributed by atoms with van der Waals surface area (Å²) < 4.78 is 5.41. The second kappa shape index (κ2) is 8.78. The highest BCUT2D eigenvalue weighted by Gasteiger charge is 2.12. The molecular weight excluding hydrogens is 360 g/mol. The minimum absolute atomic E-state index is 0.207. The summed E-state index contributed by atoms with van der Waals surface area (Å²) in [6, 6.07) is 10.7. The number of halogens is 1. The Labute approximate surface area is 156 Å². The van der Waals surface area contributed by atoms with Crippen LogP contribution in [0.5, 0.6) is 5.75 Å². The first-order valence-corrected chi connectivity index (χ1v) is 9.13. The smallest absolute Gasteiger partial charge is 0.276 e. The molecule has 2 aromatic carbocycles. The van der Waals surface area contributed by atoms with E-state index >= 15 is 0 Å². The monoisotopic (exact) mass is 378 g/mol. The second-order valence-corrected chi connectivity index (χ2v) is 6.67. The largest absolute Gasteiger partial charge is 0.484 e. The molecule has 0 bridgehead atoms. The highest BCUT2D eigenvalue weighted by Crippen LogP contribution is 2.22. The maximum atomic E-state index is 12.1. The zero-order valence-electron chi connectivity index (χ0n) is 14.2. The van der Waals surface area contributed by atoms with Crippen molar-refractivity contribution in [1.29, 1.82) is 0 Å². The third kappa shape index (κ3) is 5.41. The van der Waals surface area contributed by atoms with Crippen LogP contribution in [0.2, 0.25) is 5.02 Å². The molecule has 7 heteroatoms. The molecule has 0 fully saturated rings. The van der Waals surface area contributed by atoms with Gasteiger partial charge in [-0.25, -0.2) is 0 Å². The van der Waals surface area contributed by atoms with Gasteiger partial charge in [0.05, 0.1) is 10.6 Å². The predicted octanol–water partition coefficient (Wildman–Crippen LogP) is 3.52. The fraction of sp³-hybridized carbons (Fsp3) is 0.222. The highest BCUT2D eigenvalue weighted by atomic mass is 35.5. The maximum absolute atomic E-state index is 12.1. The number of benzene rings is 2. The highest BCUT2D eigenvalue weighted by molar-refractivity contribution is 7.98. The summed E-state index contributed by atoms with van der Waals surface area (Å²) in [7, 11) is 0. The van der Waals surface area contributed by atoms with Gasteiger partial charge in [0.25, 0.3) is 11.8 Å². The molecule has 2 N–H and O–H groups in total. The van der Waals surface area contributed by atoms with Crippen LogP contribution in [0.15, 0.2) is 41.3 Å². The summed E-state index contributed by atoms with van der Waals surface area (Å²) in [4.78, 5) is 24.9. The van der Waals surface area contributed by atoms with Crippen LogP contribution in [0.3, 0.4) is 0 Å². The summed E-state index contributed by atoms with van der Waals surface area (Å²) in [6.07, 6.45) is 1.90. The zero-order valence-corrected chi connectivity index (χ0v) is 15.8. The van der Waals surface area contributed by atoms with Gasteiger partial charge in [0.15, 0.2) is 6.61 Å². The van der Waals surface area contributed by atoms with Gasteiger partial charge in [-0.2, -0.15) is 0 Å². The van der Waals surface area contributed by atoms with Crippen LogP contribution in [-0.2, 0) is 4.79 Å². The fourth-order valence-electron chi connectivity index (χ4n) is 1.99. The number of carbonyl (C=O) groups is 2. The molecule has 132 valence electrons. The van der Waals surface area contributed by atoms with E-state index in [0.29, 0.717) is 16.3 Å². The Balaban J connectivity index is 1.87. The number of ether oxygens (including phenoxy) is 1. The van der Waals surface area contributed by atoms with Crippen LogP contribution < -0.4 is 15.6 Å². The lowest BCUT2D eigenvalue weighted by molar-refractivity contribution is -0.123. The molecule has 0 aromatic heterocycles. The topological polar surface area (TPSA) is 67.4 Å². The van der Waals surface area contributed by atoms with Crippen molar-refractivity contribution in [2.45, 2.75) is 18.7 Å². The molecule has 5 nitrogen and oxygen atoms in total. The Bertz CT molecular complexity index is 796. The maximum Gasteiger partial charge on any atom is 0.276 e. The van der Waals surface area contributed by atoms with Crippen LogP contribution in [-0.4, -0.2) is 24.7 Å². The van der Waals surface area contributed by atoms with Gasteiger partial charge in [-0.3, -0.25) is 20.4 Å². The minimum atomic E-state index is -0.486. The SMILES string of the molecule is CSc1ccc(Cl)c(C(=O)NNC(=O)COc2ccc(C)c(C)c2)c1. The second-order valence-electron chi connectivity index (χ2n) is 5.38. The lowest BCUT2D eigenvalue weighted by atomic mass is 10.1. The molecule has 0 aliphatic carbocycles. The molecule has 0 saturated heterocycles. The first-order valence-electron chi connectivity index (χ1n) is 7.53. The molecule has 25 heavy (non-hydrogen) atoms. The van der Waals surface area contributed by atoms with E-state index in [2.05, 4.69) is 10.9 Å². The molecule has 2 rings (SSSR count). The number of amides is 2. The fourth-order valence-corrected chi connectivity index (χ4v) is 2.63. The van der Waals surface area contributed by atoms with Crippen LogP contribution in [0.4, 0.5) is 0 Å². The van der Waals surface area contributed by atoms with Crippen molar-refractivity contribution in [2.24, 2.45) is 0 Å². The van der Waals surface area contributed by atoms with Crippen molar-refractivity contribution in [3.8, 4) is 5.75 Å². The van der Waals surface area contributed by atoms with Crippen molar-refractivity contribution in [3.05, 3.63) is 58.1 Å². The third-order valence-corrected chi connectivity index (χ3v) is 4.64. The number of carbonyl (C=O) groups excluding carboxylic acids is 2. The van der Waals surface area contributed by atoms with E-state index in [1.807, 2.05) is 38.3 Å². The average molecular weight is 379 g/mol. The van der Waals surface area contributed by atoms with Crippen LogP contribution in [0, 0.1) is 13.8 Å². The van der Waals surface area contributed by atoms with Gasteiger partial charge in [0.2, 0.25) is 0 Å². The number of hydrazine groups is 1. The lowest BCUT2D eigenvalue weighted by Crippen LogP contribution is -2.43.